The fraction of sp³-hybridized carbons (Fsp3) is 0.458. The lowest BCUT2D eigenvalue weighted by Gasteiger charge is -2.30. The highest BCUT2D eigenvalue weighted by Gasteiger charge is 2.38. The molecule has 1 aliphatic rings. The Kier molecular flexibility index (Phi) is 8.06. The number of benzene rings is 1. The number of esters is 1. The Balaban J connectivity index is 1.99. The van der Waals surface area contributed by atoms with Crippen LogP contribution in [0.2, 0.25) is 0 Å². The number of ether oxygens (including phenoxy) is 2. The van der Waals surface area contributed by atoms with Gasteiger partial charge >= 0.3 is 24.4 Å². The van der Waals surface area contributed by atoms with E-state index < -0.39 is 52.6 Å². The lowest BCUT2D eigenvalue weighted by molar-refractivity contribution is -0.143. The van der Waals surface area contributed by atoms with E-state index in [9.17, 15) is 40.7 Å². The zero-order valence-corrected chi connectivity index (χ0v) is 21.5. The third kappa shape index (κ3) is 6.77. The van der Waals surface area contributed by atoms with Crippen molar-refractivity contribution in [3.63, 3.8) is 0 Å². The number of nitrogens with one attached hydrogen (secondary N) is 1. The fourth-order valence-corrected chi connectivity index (χ4v) is 4.90. The molecule has 2 aromatic rings. The molecule has 0 saturated heterocycles. The SMILES string of the molecule is CCOC(=O)c1c(NC(=O)c2cc(C(F)(F)F)cc(C(F)(F)F)c2)sc2c1CCN(C(=O)OC(C)(C)C)C2. The summed E-state index contributed by atoms with van der Waals surface area (Å²) in [6.07, 6.45) is -10.7. The molecule has 0 atom stereocenters. The van der Waals surface area contributed by atoms with Crippen LogP contribution in [0.25, 0.3) is 0 Å². The zero-order valence-electron chi connectivity index (χ0n) is 20.7. The summed E-state index contributed by atoms with van der Waals surface area (Å²) in [5.74, 6) is -2.11. The second-order valence-corrected chi connectivity index (χ2v) is 10.4. The average Bonchev–Trinajstić information content (AvgIpc) is 3.13. The monoisotopic (exact) mass is 566 g/mol. The maximum Gasteiger partial charge on any atom is 0.416 e. The third-order valence-electron chi connectivity index (χ3n) is 5.27. The number of fused-ring (bicyclic) bond motifs is 1. The highest BCUT2D eigenvalue weighted by Crippen LogP contribution is 2.40. The predicted molar refractivity (Wildman–Crippen MR) is 125 cm³/mol. The van der Waals surface area contributed by atoms with E-state index in [1.54, 1.807) is 27.7 Å². The number of carbonyl (C=O) groups excluding carboxylic acids is 3. The molecule has 208 valence electrons. The first-order valence-corrected chi connectivity index (χ1v) is 12.1. The molecule has 1 aromatic heterocycles. The van der Waals surface area contributed by atoms with E-state index in [-0.39, 0.29) is 42.7 Å². The molecule has 0 bridgehead atoms. The Labute approximate surface area is 217 Å². The molecule has 0 fully saturated rings. The molecule has 2 amide bonds. The normalized spacial score (nSPS) is 14.1. The van der Waals surface area contributed by atoms with Gasteiger partial charge in [0.2, 0.25) is 0 Å². The van der Waals surface area contributed by atoms with Crippen LogP contribution in [0.15, 0.2) is 18.2 Å². The lowest BCUT2D eigenvalue weighted by atomic mass is 10.0. The van der Waals surface area contributed by atoms with Gasteiger partial charge in [-0.3, -0.25) is 4.79 Å². The number of amides is 2. The second kappa shape index (κ2) is 10.5. The summed E-state index contributed by atoms with van der Waals surface area (Å²) in [6.45, 7) is 6.77. The number of hydrogen-bond acceptors (Lipinski definition) is 6. The highest BCUT2D eigenvalue weighted by atomic mass is 32.1. The van der Waals surface area contributed by atoms with Crippen LogP contribution in [0.1, 0.15) is 70.0 Å². The Morgan fingerprint density at radius 3 is 2.08 bits per heavy atom. The van der Waals surface area contributed by atoms with Gasteiger partial charge in [0.25, 0.3) is 5.91 Å². The highest BCUT2D eigenvalue weighted by molar-refractivity contribution is 7.17. The van der Waals surface area contributed by atoms with Crippen LogP contribution in [-0.2, 0) is 34.8 Å². The van der Waals surface area contributed by atoms with Crippen LogP contribution in [0, 0.1) is 0 Å². The van der Waals surface area contributed by atoms with Crippen molar-refractivity contribution < 1.29 is 50.2 Å². The Morgan fingerprint density at radius 1 is 1.00 bits per heavy atom. The van der Waals surface area contributed by atoms with Gasteiger partial charge in [0.1, 0.15) is 10.6 Å². The molecule has 2 heterocycles. The quantitative estimate of drug-likeness (QED) is 0.337. The molecule has 0 aliphatic carbocycles. The van der Waals surface area contributed by atoms with E-state index in [0.29, 0.717) is 22.6 Å². The summed E-state index contributed by atoms with van der Waals surface area (Å²) < 4.78 is 89.9. The van der Waals surface area contributed by atoms with Crippen LogP contribution in [0.5, 0.6) is 0 Å². The number of carbonyl (C=O) groups is 3. The zero-order chi connectivity index (χ0) is 28.6. The number of thiophene rings is 1. The van der Waals surface area contributed by atoms with E-state index >= 15 is 0 Å². The van der Waals surface area contributed by atoms with Crippen LogP contribution in [0.4, 0.5) is 36.1 Å². The van der Waals surface area contributed by atoms with Gasteiger partial charge in [0, 0.05) is 17.0 Å². The second-order valence-electron chi connectivity index (χ2n) is 9.33. The largest absolute Gasteiger partial charge is 0.462 e. The van der Waals surface area contributed by atoms with Crippen molar-refractivity contribution in [2.75, 3.05) is 18.5 Å². The number of nitrogens with zero attached hydrogens (tertiary/aromatic N) is 1. The number of halogens is 6. The van der Waals surface area contributed by atoms with Crippen LogP contribution >= 0.6 is 11.3 Å². The fourth-order valence-electron chi connectivity index (χ4n) is 3.65. The van der Waals surface area contributed by atoms with Gasteiger partial charge in [-0.05, 0) is 57.9 Å². The first-order valence-electron chi connectivity index (χ1n) is 11.3. The van der Waals surface area contributed by atoms with Crippen LogP contribution in [-0.4, -0.2) is 41.6 Å². The minimum Gasteiger partial charge on any atom is -0.462 e. The van der Waals surface area contributed by atoms with E-state index in [4.69, 9.17) is 9.47 Å². The van der Waals surface area contributed by atoms with Crippen molar-refractivity contribution in [1.82, 2.24) is 4.90 Å². The van der Waals surface area contributed by atoms with E-state index in [2.05, 4.69) is 5.32 Å². The van der Waals surface area contributed by atoms with E-state index in [1.807, 2.05) is 0 Å². The summed E-state index contributed by atoms with van der Waals surface area (Å²) in [7, 11) is 0. The first-order chi connectivity index (χ1) is 17.4. The molecule has 0 radical (unpaired) electrons. The number of alkyl halides is 6. The minimum atomic E-state index is -5.14. The van der Waals surface area contributed by atoms with Crippen LogP contribution in [0.3, 0.4) is 0 Å². The molecule has 0 spiro atoms. The summed E-state index contributed by atoms with van der Waals surface area (Å²) in [5.41, 5.74) is -4.56. The molecule has 0 unspecified atom stereocenters. The molecule has 38 heavy (non-hydrogen) atoms. The van der Waals surface area contributed by atoms with Crippen molar-refractivity contribution in [1.29, 1.82) is 0 Å². The Morgan fingerprint density at radius 2 is 1.58 bits per heavy atom. The summed E-state index contributed by atoms with van der Waals surface area (Å²) in [4.78, 5) is 40.0. The van der Waals surface area contributed by atoms with Gasteiger partial charge < -0.3 is 19.7 Å². The van der Waals surface area contributed by atoms with E-state index in [0.717, 1.165) is 11.3 Å². The first kappa shape index (κ1) is 29.3. The molecular weight excluding hydrogens is 542 g/mol. The van der Waals surface area contributed by atoms with Gasteiger partial charge in [0.15, 0.2) is 0 Å². The minimum absolute atomic E-state index is 0.0129. The maximum absolute atomic E-state index is 13.2. The van der Waals surface area contributed by atoms with Gasteiger partial charge in [-0.1, -0.05) is 0 Å². The molecule has 14 heteroatoms. The molecule has 1 aromatic carbocycles. The lowest BCUT2D eigenvalue weighted by Crippen LogP contribution is -2.39. The van der Waals surface area contributed by atoms with Crippen molar-refractivity contribution >= 4 is 34.3 Å². The maximum atomic E-state index is 13.2. The predicted octanol–water partition coefficient (Wildman–Crippen LogP) is 6.51. The third-order valence-corrected chi connectivity index (χ3v) is 6.40. The van der Waals surface area contributed by atoms with Crippen molar-refractivity contribution in [3.05, 3.63) is 50.9 Å². The summed E-state index contributed by atoms with van der Waals surface area (Å²) in [6, 6.07) is 0.509. The standard InChI is InChI=1S/C24H24F6N2O5S/c1-5-36-20(34)17-15-6-7-32(21(35)37-22(2,3)4)11-16(15)38-19(17)31-18(33)12-8-13(23(25,26)27)10-14(9-12)24(28,29)30/h8-10H,5-7,11H2,1-4H3,(H,31,33). The molecule has 1 N–H and O–H groups in total. The summed E-state index contributed by atoms with van der Waals surface area (Å²) >= 11 is 0.871. The average molecular weight is 567 g/mol. The van der Waals surface area contributed by atoms with Crippen LogP contribution < -0.4 is 5.32 Å². The van der Waals surface area contributed by atoms with E-state index in [1.165, 1.54) is 4.90 Å². The molecule has 3 rings (SSSR count). The molecular formula is C24H24F6N2O5S. The summed E-state index contributed by atoms with van der Waals surface area (Å²) in [5, 5.41) is 2.16. The van der Waals surface area contributed by atoms with Gasteiger partial charge in [-0.25, -0.2) is 9.59 Å². The van der Waals surface area contributed by atoms with Gasteiger partial charge in [-0.2, -0.15) is 26.3 Å². The Hall–Kier alpha value is -3.29. The van der Waals surface area contributed by atoms with Crippen molar-refractivity contribution in [2.45, 2.75) is 58.6 Å². The number of hydrogen-bond donors (Lipinski definition) is 1. The molecule has 1 aliphatic heterocycles. The molecule has 7 nitrogen and oxygen atoms in total. The number of anilines is 1. The Bertz CT molecular complexity index is 1210. The van der Waals surface area contributed by atoms with Crippen molar-refractivity contribution in [3.8, 4) is 0 Å². The van der Waals surface area contributed by atoms with Gasteiger partial charge in [0.05, 0.1) is 29.8 Å². The van der Waals surface area contributed by atoms with Crippen molar-refractivity contribution in [2.24, 2.45) is 0 Å². The number of rotatable bonds is 4. The smallest absolute Gasteiger partial charge is 0.416 e. The topological polar surface area (TPSA) is 84.9 Å². The molecule has 0 saturated carbocycles. The van der Waals surface area contributed by atoms with Gasteiger partial charge in [-0.15, -0.1) is 11.3 Å².